The zero-order valence-electron chi connectivity index (χ0n) is 17.7. The number of benzene rings is 3. The van der Waals surface area contributed by atoms with Gasteiger partial charge < -0.3 is 19.0 Å². The number of fused-ring (bicyclic) bond motifs is 1. The number of rotatable bonds is 7. The third kappa shape index (κ3) is 4.35. The molecule has 0 saturated carbocycles. The largest absolute Gasteiger partial charge is 0.495 e. The van der Waals surface area contributed by atoms with Crippen molar-refractivity contribution in [3.05, 3.63) is 83.5 Å². The molecule has 0 atom stereocenters. The van der Waals surface area contributed by atoms with Gasteiger partial charge in [0.15, 0.2) is 0 Å². The molecule has 6 nitrogen and oxygen atoms in total. The molecule has 0 fully saturated rings. The number of furan rings is 1. The maximum atomic E-state index is 14.1. The molecule has 5 rings (SSSR count). The van der Waals surface area contributed by atoms with Gasteiger partial charge in [-0.25, -0.2) is 14.2 Å². The minimum Gasteiger partial charge on any atom is -0.495 e. The van der Waals surface area contributed by atoms with Gasteiger partial charge in [-0.2, -0.15) is 0 Å². The first-order valence-corrected chi connectivity index (χ1v) is 11.8. The summed E-state index contributed by atoms with van der Waals surface area (Å²) in [6.07, 6.45) is 0. The van der Waals surface area contributed by atoms with E-state index in [0.29, 0.717) is 10.7 Å². The number of hydrogen-bond donors (Lipinski definition) is 2. The van der Waals surface area contributed by atoms with Gasteiger partial charge in [0.05, 0.1) is 18.4 Å². The zero-order chi connectivity index (χ0) is 23.7. The van der Waals surface area contributed by atoms with E-state index in [0.717, 1.165) is 45.0 Å². The van der Waals surface area contributed by atoms with E-state index in [1.54, 1.807) is 0 Å². The summed E-state index contributed by atoms with van der Waals surface area (Å²) in [5.74, 6) is -1.17. The summed E-state index contributed by atoms with van der Waals surface area (Å²) in [5, 5.41) is 13.5. The summed E-state index contributed by atoms with van der Waals surface area (Å²) in [6.45, 7) is 0. The van der Waals surface area contributed by atoms with Crippen LogP contribution in [0.4, 0.5) is 10.1 Å². The van der Waals surface area contributed by atoms with Crippen molar-refractivity contribution in [2.75, 3.05) is 11.8 Å². The SMILES string of the molecule is COc1cc(C(=O)O)c(F)cc1NSc1csc(-c2ccc(-c3cc4ccccc4o3)cc2)n1. The highest BCUT2D eigenvalue weighted by atomic mass is 32.2. The van der Waals surface area contributed by atoms with E-state index >= 15 is 0 Å². The van der Waals surface area contributed by atoms with E-state index in [2.05, 4.69) is 9.71 Å². The van der Waals surface area contributed by atoms with Crippen LogP contribution in [0.2, 0.25) is 0 Å². The van der Waals surface area contributed by atoms with Crippen LogP contribution in [-0.4, -0.2) is 23.2 Å². The Kier molecular flexibility index (Phi) is 5.95. The van der Waals surface area contributed by atoms with Gasteiger partial charge in [0, 0.05) is 39.9 Å². The van der Waals surface area contributed by atoms with E-state index < -0.39 is 17.3 Å². The standard InChI is InChI=1S/C25H17FN2O4S2/c1-31-22-11-17(25(29)30)18(26)12-19(22)28-34-23-13-33-24(27-23)15-8-6-14(7-9-15)21-10-16-4-2-3-5-20(16)32-21/h2-13,28H,1H3,(H,29,30). The second-order valence-corrected chi connectivity index (χ2v) is 8.94. The quantitative estimate of drug-likeness (QED) is 0.233. The number of thiazole rings is 1. The molecule has 170 valence electrons. The molecular formula is C25H17FN2O4S2. The van der Waals surface area contributed by atoms with Gasteiger partial charge >= 0.3 is 5.97 Å². The first-order valence-electron chi connectivity index (χ1n) is 10.1. The molecule has 0 saturated heterocycles. The fraction of sp³-hybridized carbons (Fsp3) is 0.0400. The van der Waals surface area contributed by atoms with Crippen LogP contribution in [0.25, 0.3) is 32.9 Å². The van der Waals surface area contributed by atoms with Crippen LogP contribution < -0.4 is 9.46 Å². The molecule has 2 N–H and O–H groups in total. The summed E-state index contributed by atoms with van der Waals surface area (Å²) >= 11 is 2.67. The number of aromatic carboxylic acids is 1. The number of hydrogen-bond acceptors (Lipinski definition) is 7. The Morgan fingerprint density at radius 3 is 2.62 bits per heavy atom. The van der Waals surface area contributed by atoms with Crippen LogP contribution in [0.3, 0.4) is 0 Å². The number of nitrogens with zero attached hydrogens (tertiary/aromatic N) is 1. The Morgan fingerprint density at radius 1 is 1.12 bits per heavy atom. The highest BCUT2D eigenvalue weighted by Gasteiger charge is 2.16. The second-order valence-electron chi connectivity index (χ2n) is 7.26. The molecule has 0 radical (unpaired) electrons. The van der Waals surface area contributed by atoms with Crippen LogP contribution in [-0.2, 0) is 0 Å². The Balaban J connectivity index is 1.30. The van der Waals surface area contributed by atoms with E-state index in [1.807, 2.05) is 60.0 Å². The number of anilines is 1. The first kappa shape index (κ1) is 22.0. The van der Waals surface area contributed by atoms with Gasteiger partial charge in [0.2, 0.25) is 0 Å². The van der Waals surface area contributed by atoms with Gasteiger partial charge in [-0.3, -0.25) is 0 Å². The van der Waals surface area contributed by atoms with E-state index in [-0.39, 0.29) is 5.75 Å². The fourth-order valence-electron chi connectivity index (χ4n) is 3.41. The predicted octanol–water partition coefficient (Wildman–Crippen LogP) is 7.19. The Hall–Kier alpha value is -3.82. The molecule has 2 heterocycles. The molecule has 0 unspecified atom stereocenters. The van der Waals surface area contributed by atoms with Crippen molar-refractivity contribution in [3.63, 3.8) is 0 Å². The van der Waals surface area contributed by atoms with Crippen LogP contribution >= 0.6 is 23.3 Å². The smallest absolute Gasteiger partial charge is 0.338 e. The van der Waals surface area contributed by atoms with Crippen molar-refractivity contribution in [1.82, 2.24) is 4.98 Å². The highest BCUT2D eigenvalue weighted by Crippen LogP contribution is 2.35. The number of methoxy groups -OCH3 is 1. The summed E-state index contributed by atoms with van der Waals surface area (Å²) in [7, 11) is 1.39. The third-order valence-electron chi connectivity index (χ3n) is 5.11. The maximum absolute atomic E-state index is 14.1. The van der Waals surface area contributed by atoms with Crippen molar-refractivity contribution in [1.29, 1.82) is 0 Å². The van der Waals surface area contributed by atoms with Crippen LogP contribution in [0.5, 0.6) is 5.75 Å². The molecular weight excluding hydrogens is 475 g/mol. The molecule has 9 heteroatoms. The van der Waals surface area contributed by atoms with Crippen molar-refractivity contribution in [3.8, 4) is 27.6 Å². The lowest BCUT2D eigenvalue weighted by Crippen LogP contribution is -2.03. The third-order valence-corrected chi connectivity index (χ3v) is 6.89. The maximum Gasteiger partial charge on any atom is 0.338 e. The van der Waals surface area contributed by atoms with Crippen molar-refractivity contribution >= 4 is 45.9 Å². The molecule has 2 aromatic heterocycles. The number of ether oxygens (including phenoxy) is 1. The molecule has 3 aromatic carbocycles. The van der Waals surface area contributed by atoms with Crippen LogP contribution in [0.1, 0.15) is 10.4 Å². The average molecular weight is 493 g/mol. The molecule has 34 heavy (non-hydrogen) atoms. The molecule has 5 aromatic rings. The molecule has 0 spiro atoms. The molecule has 0 amide bonds. The minimum atomic E-state index is -1.36. The molecule has 0 bridgehead atoms. The summed E-state index contributed by atoms with van der Waals surface area (Å²) in [6, 6.07) is 20.1. The first-order chi connectivity index (χ1) is 16.5. The van der Waals surface area contributed by atoms with Gasteiger partial charge in [-0.15, -0.1) is 11.3 Å². The fourth-order valence-corrected chi connectivity index (χ4v) is 5.01. The Morgan fingerprint density at radius 2 is 1.88 bits per heavy atom. The number of carbonyl (C=O) groups is 1. The minimum absolute atomic E-state index is 0.225. The lowest BCUT2D eigenvalue weighted by atomic mass is 10.1. The topological polar surface area (TPSA) is 84.6 Å². The van der Waals surface area contributed by atoms with Crippen molar-refractivity contribution < 1.29 is 23.4 Å². The summed E-state index contributed by atoms with van der Waals surface area (Å²) in [5.41, 5.74) is 2.66. The van der Waals surface area contributed by atoms with Gasteiger partial charge in [0.1, 0.15) is 32.9 Å². The lowest BCUT2D eigenvalue weighted by molar-refractivity contribution is 0.0691. The number of carboxylic acids is 1. The van der Waals surface area contributed by atoms with E-state index in [9.17, 15) is 9.18 Å². The number of aromatic nitrogens is 1. The van der Waals surface area contributed by atoms with Crippen LogP contribution in [0.15, 0.2) is 81.6 Å². The lowest BCUT2D eigenvalue weighted by Gasteiger charge is -2.11. The zero-order valence-corrected chi connectivity index (χ0v) is 19.4. The average Bonchev–Trinajstić information content (AvgIpc) is 3.50. The van der Waals surface area contributed by atoms with E-state index in [1.165, 1.54) is 30.4 Å². The molecule has 0 aliphatic carbocycles. The number of para-hydroxylation sites is 1. The molecule has 0 aliphatic heterocycles. The van der Waals surface area contributed by atoms with Crippen molar-refractivity contribution in [2.45, 2.75) is 5.03 Å². The summed E-state index contributed by atoms with van der Waals surface area (Å²) < 4.78 is 28.2. The number of carboxylic acid groups (broad SMARTS) is 1. The highest BCUT2D eigenvalue weighted by molar-refractivity contribution is 8.00. The Bertz CT molecular complexity index is 1460. The van der Waals surface area contributed by atoms with Gasteiger partial charge in [0.25, 0.3) is 0 Å². The summed E-state index contributed by atoms with van der Waals surface area (Å²) in [4.78, 5) is 15.7. The monoisotopic (exact) mass is 492 g/mol. The van der Waals surface area contributed by atoms with E-state index in [4.69, 9.17) is 14.3 Å². The number of nitrogens with one attached hydrogen (secondary N) is 1. The van der Waals surface area contributed by atoms with Gasteiger partial charge in [-0.1, -0.05) is 42.5 Å². The molecule has 0 aliphatic rings. The normalized spacial score (nSPS) is 11.0. The Labute approximate surface area is 202 Å². The number of halogens is 1. The predicted molar refractivity (Wildman–Crippen MR) is 132 cm³/mol. The van der Waals surface area contributed by atoms with Gasteiger partial charge in [-0.05, 0) is 18.2 Å². The van der Waals surface area contributed by atoms with Crippen molar-refractivity contribution in [2.24, 2.45) is 0 Å². The second kappa shape index (κ2) is 9.20. The van der Waals surface area contributed by atoms with Crippen LogP contribution in [0, 0.1) is 5.82 Å².